The van der Waals surface area contributed by atoms with Gasteiger partial charge in [-0.15, -0.1) is 0 Å². The molecule has 140 valence electrons. The average molecular weight is 441 g/mol. The van der Waals surface area contributed by atoms with Gasteiger partial charge in [0.2, 0.25) is 10.0 Å². The predicted octanol–water partition coefficient (Wildman–Crippen LogP) is 2.85. The molecule has 26 heavy (non-hydrogen) atoms. The Bertz CT molecular complexity index is 870. The number of sulfonamides is 1. The third kappa shape index (κ3) is 4.84. The molecular formula is C18H21BrN2O4S. The van der Waals surface area contributed by atoms with Crippen molar-refractivity contribution in [1.82, 2.24) is 9.21 Å². The summed E-state index contributed by atoms with van der Waals surface area (Å²) in [4.78, 5) is 14.1. The Hall–Kier alpha value is -1.90. The topological polar surface area (TPSA) is 66.9 Å². The Kier molecular flexibility index (Phi) is 6.80. The molecule has 2 aromatic carbocycles. The lowest BCUT2D eigenvalue weighted by Gasteiger charge is -2.19. The van der Waals surface area contributed by atoms with Crippen molar-refractivity contribution in [2.24, 2.45) is 0 Å². The Morgan fingerprint density at radius 1 is 1.08 bits per heavy atom. The van der Waals surface area contributed by atoms with Crippen LogP contribution in [0.25, 0.3) is 0 Å². The second kappa shape index (κ2) is 8.66. The lowest BCUT2D eigenvalue weighted by Crippen LogP contribution is -2.31. The molecule has 2 aromatic rings. The van der Waals surface area contributed by atoms with Crippen molar-refractivity contribution in [3.63, 3.8) is 0 Å². The number of hydrogen-bond donors (Lipinski definition) is 0. The number of nitrogens with zero attached hydrogens (tertiary/aromatic N) is 2. The van der Waals surface area contributed by atoms with Crippen LogP contribution in [0.4, 0.5) is 0 Å². The zero-order valence-electron chi connectivity index (χ0n) is 14.8. The number of amides is 1. The lowest BCUT2D eigenvalue weighted by atomic mass is 10.2. The third-order valence-corrected chi connectivity index (χ3v) is 6.53. The van der Waals surface area contributed by atoms with Crippen molar-refractivity contribution in [2.45, 2.75) is 4.90 Å². The van der Waals surface area contributed by atoms with Crippen LogP contribution in [0, 0.1) is 0 Å². The van der Waals surface area contributed by atoms with E-state index in [1.807, 2.05) is 30.3 Å². The van der Waals surface area contributed by atoms with E-state index < -0.39 is 10.0 Å². The molecule has 0 unspecified atom stereocenters. The largest absolute Gasteiger partial charge is 0.492 e. The molecule has 0 N–H and O–H groups in total. The van der Waals surface area contributed by atoms with Crippen LogP contribution in [0.2, 0.25) is 0 Å². The van der Waals surface area contributed by atoms with Gasteiger partial charge in [-0.05, 0) is 46.3 Å². The number of rotatable bonds is 7. The number of carbonyl (C=O) groups is 1. The zero-order valence-corrected chi connectivity index (χ0v) is 17.2. The van der Waals surface area contributed by atoms with E-state index in [4.69, 9.17) is 4.74 Å². The summed E-state index contributed by atoms with van der Waals surface area (Å²) in [6.45, 7) is 0.713. The number of hydrogen-bond acceptors (Lipinski definition) is 4. The fourth-order valence-corrected chi connectivity index (χ4v) is 4.01. The first-order valence-corrected chi connectivity index (χ1v) is 10.1. The van der Waals surface area contributed by atoms with Crippen LogP contribution in [0.1, 0.15) is 10.4 Å². The summed E-state index contributed by atoms with van der Waals surface area (Å²) in [6.07, 6.45) is 0. The Labute approximate surface area is 162 Å². The second-order valence-corrected chi connectivity index (χ2v) is 8.80. The molecule has 0 aliphatic heterocycles. The number of para-hydroxylation sites is 1. The van der Waals surface area contributed by atoms with Crippen molar-refractivity contribution < 1.29 is 17.9 Å². The molecule has 0 fully saturated rings. The summed E-state index contributed by atoms with van der Waals surface area (Å²) >= 11 is 3.24. The highest BCUT2D eigenvalue weighted by Crippen LogP contribution is 2.25. The van der Waals surface area contributed by atoms with Crippen LogP contribution in [-0.2, 0) is 10.0 Å². The SMILES string of the molecule is CN(CCOc1ccccc1)C(=O)c1ccc(Br)c(S(=O)(=O)N(C)C)c1. The van der Waals surface area contributed by atoms with Crippen molar-refractivity contribution in [3.8, 4) is 5.75 Å². The molecular weight excluding hydrogens is 420 g/mol. The van der Waals surface area contributed by atoms with Crippen molar-refractivity contribution in [1.29, 1.82) is 0 Å². The molecule has 2 rings (SSSR count). The number of benzene rings is 2. The van der Waals surface area contributed by atoms with Gasteiger partial charge < -0.3 is 9.64 Å². The number of halogens is 1. The minimum Gasteiger partial charge on any atom is -0.492 e. The Balaban J connectivity index is 2.09. The highest BCUT2D eigenvalue weighted by atomic mass is 79.9. The van der Waals surface area contributed by atoms with E-state index in [0.29, 0.717) is 23.2 Å². The van der Waals surface area contributed by atoms with Gasteiger partial charge in [-0.2, -0.15) is 0 Å². The van der Waals surface area contributed by atoms with Crippen molar-refractivity contribution in [3.05, 3.63) is 58.6 Å². The van der Waals surface area contributed by atoms with E-state index in [2.05, 4.69) is 15.9 Å². The Morgan fingerprint density at radius 2 is 1.73 bits per heavy atom. The molecule has 8 heteroatoms. The van der Waals surface area contributed by atoms with Gasteiger partial charge in [-0.25, -0.2) is 12.7 Å². The van der Waals surface area contributed by atoms with Gasteiger partial charge in [0.05, 0.1) is 11.4 Å². The van der Waals surface area contributed by atoms with Gasteiger partial charge in [0.25, 0.3) is 5.91 Å². The lowest BCUT2D eigenvalue weighted by molar-refractivity contribution is 0.0773. The number of ether oxygens (including phenoxy) is 1. The van der Waals surface area contributed by atoms with Gasteiger partial charge in [-0.1, -0.05) is 18.2 Å². The molecule has 0 atom stereocenters. The fourth-order valence-electron chi connectivity index (χ4n) is 2.17. The summed E-state index contributed by atoms with van der Waals surface area (Å²) < 4.78 is 31.9. The maximum absolute atomic E-state index is 12.6. The first-order chi connectivity index (χ1) is 12.2. The standard InChI is InChI=1S/C18H21BrN2O4S/c1-20(2)26(23,24)17-13-14(9-10-16(17)19)18(22)21(3)11-12-25-15-7-5-4-6-8-15/h4-10,13H,11-12H2,1-3H3. The minimum absolute atomic E-state index is 0.0577. The molecule has 0 radical (unpaired) electrons. The van der Waals surface area contributed by atoms with Crippen LogP contribution in [0.5, 0.6) is 5.75 Å². The van der Waals surface area contributed by atoms with Gasteiger partial charge in [-0.3, -0.25) is 4.79 Å². The maximum Gasteiger partial charge on any atom is 0.253 e. The highest BCUT2D eigenvalue weighted by molar-refractivity contribution is 9.10. The summed E-state index contributed by atoms with van der Waals surface area (Å²) in [5.74, 6) is 0.459. The van der Waals surface area contributed by atoms with Crippen molar-refractivity contribution >= 4 is 31.9 Å². The van der Waals surface area contributed by atoms with E-state index in [0.717, 1.165) is 10.1 Å². The molecule has 0 aliphatic carbocycles. The van der Waals surface area contributed by atoms with E-state index in [-0.39, 0.29) is 10.8 Å². The van der Waals surface area contributed by atoms with Gasteiger partial charge in [0, 0.05) is 31.2 Å². The monoisotopic (exact) mass is 440 g/mol. The van der Waals surface area contributed by atoms with Crippen LogP contribution in [-0.4, -0.2) is 57.8 Å². The minimum atomic E-state index is -3.65. The van der Waals surface area contributed by atoms with E-state index in [9.17, 15) is 13.2 Å². The Morgan fingerprint density at radius 3 is 2.35 bits per heavy atom. The first-order valence-electron chi connectivity index (χ1n) is 7.89. The third-order valence-electron chi connectivity index (χ3n) is 3.72. The molecule has 0 bridgehead atoms. The van der Waals surface area contributed by atoms with E-state index in [1.165, 1.54) is 25.1 Å². The van der Waals surface area contributed by atoms with Crippen LogP contribution < -0.4 is 4.74 Å². The first kappa shape index (κ1) is 20.4. The molecule has 0 saturated heterocycles. The zero-order chi connectivity index (χ0) is 19.3. The normalized spacial score (nSPS) is 11.4. The van der Waals surface area contributed by atoms with E-state index in [1.54, 1.807) is 19.2 Å². The van der Waals surface area contributed by atoms with Crippen LogP contribution in [0.3, 0.4) is 0 Å². The molecule has 0 heterocycles. The summed E-state index contributed by atoms with van der Waals surface area (Å²) in [7, 11) is 0.896. The van der Waals surface area contributed by atoms with Crippen LogP contribution in [0.15, 0.2) is 57.9 Å². The molecule has 6 nitrogen and oxygen atoms in total. The molecule has 0 aliphatic rings. The summed E-state index contributed by atoms with van der Waals surface area (Å²) in [6, 6.07) is 13.9. The summed E-state index contributed by atoms with van der Waals surface area (Å²) in [5.41, 5.74) is 0.302. The number of carbonyl (C=O) groups excluding carboxylic acids is 1. The van der Waals surface area contributed by atoms with Gasteiger partial charge >= 0.3 is 0 Å². The molecule has 0 saturated carbocycles. The maximum atomic E-state index is 12.6. The summed E-state index contributed by atoms with van der Waals surface area (Å²) in [5, 5.41) is 0. The second-order valence-electron chi connectivity index (χ2n) is 5.82. The number of likely N-dealkylation sites (N-methyl/N-ethyl adjacent to an activating group) is 1. The average Bonchev–Trinajstić information content (AvgIpc) is 2.62. The van der Waals surface area contributed by atoms with Crippen LogP contribution >= 0.6 is 15.9 Å². The molecule has 0 aromatic heterocycles. The van der Waals surface area contributed by atoms with Crippen molar-refractivity contribution in [2.75, 3.05) is 34.3 Å². The fraction of sp³-hybridized carbons (Fsp3) is 0.278. The van der Waals surface area contributed by atoms with Gasteiger partial charge in [0.1, 0.15) is 12.4 Å². The highest BCUT2D eigenvalue weighted by Gasteiger charge is 2.23. The van der Waals surface area contributed by atoms with Gasteiger partial charge in [0.15, 0.2) is 0 Å². The smallest absolute Gasteiger partial charge is 0.253 e. The quantitative estimate of drug-likeness (QED) is 0.663. The molecule has 1 amide bonds. The predicted molar refractivity (Wildman–Crippen MR) is 104 cm³/mol. The van der Waals surface area contributed by atoms with E-state index >= 15 is 0 Å². The molecule has 0 spiro atoms.